The van der Waals surface area contributed by atoms with Crippen LogP contribution < -0.4 is 9.47 Å². The Morgan fingerprint density at radius 1 is 1.35 bits per heavy atom. The number of unbranched alkanes of at least 4 members (excludes halogenated alkanes) is 1. The van der Waals surface area contributed by atoms with Gasteiger partial charge in [-0.2, -0.15) is 0 Å². The van der Waals surface area contributed by atoms with Crippen LogP contribution in [0.1, 0.15) is 31.7 Å². The smallest absolute Gasteiger partial charge is 0.306 e. The van der Waals surface area contributed by atoms with Crippen molar-refractivity contribution < 1.29 is 19.0 Å². The maximum absolute atomic E-state index is 11.3. The molecule has 0 spiro atoms. The number of ether oxygens (including phenoxy) is 3. The quantitative estimate of drug-likeness (QED) is 0.737. The Kier molecular flexibility index (Phi) is 3.85. The van der Waals surface area contributed by atoms with Crippen LogP contribution in [0.5, 0.6) is 11.5 Å². The van der Waals surface area contributed by atoms with Gasteiger partial charge in [0.2, 0.25) is 6.79 Å². The van der Waals surface area contributed by atoms with Gasteiger partial charge in [-0.05, 0) is 24.1 Å². The molecular formula is C13H16O4. The van der Waals surface area contributed by atoms with E-state index in [1.807, 2.05) is 25.1 Å². The fourth-order valence-corrected chi connectivity index (χ4v) is 1.59. The van der Waals surface area contributed by atoms with Crippen molar-refractivity contribution in [2.75, 3.05) is 6.79 Å². The molecule has 0 N–H and O–H groups in total. The maximum atomic E-state index is 11.3. The number of hydrogen-bond acceptors (Lipinski definition) is 4. The molecule has 0 radical (unpaired) electrons. The summed E-state index contributed by atoms with van der Waals surface area (Å²) in [6.45, 7) is 2.60. The molecule has 0 fully saturated rings. The van der Waals surface area contributed by atoms with Crippen LogP contribution in [0.3, 0.4) is 0 Å². The predicted molar refractivity (Wildman–Crippen MR) is 61.9 cm³/mol. The first-order valence-corrected chi connectivity index (χ1v) is 5.83. The Balaban J connectivity index is 1.85. The van der Waals surface area contributed by atoms with Crippen molar-refractivity contribution in [3.63, 3.8) is 0 Å². The Labute approximate surface area is 100 Å². The summed E-state index contributed by atoms with van der Waals surface area (Å²) in [5.41, 5.74) is 0.916. The summed E-state index contributed by atoms with van der Waals surface area (Å²) < 4.78 is 15.6. The van der Waals surface area contributed by atoms with Gasteiger partial charge in [0.15, 0.2) is 11.5 Å². The van der Waals surface area contributed by atoms with Gasteiger partial charge < -0.3 is 14.2 Å². The van der Waals surface area contributed by atoms with Crippen LogP contribution >= 0.6 is 0 Å². The van der Waals surface area contributed by atoms with Gasteiger partial charge in [-0.1, -0.05) is 19.4 Å². The molecule has 1 aliphatic rings. The molecule has 1 heterocycles. The van der Waals surface area contributed by atoms with E-state index in [2.05, 4.69) is 0 Å². The lowest BCUT2D eigenvalue weighted by Crippen LogP contribution is -2.04. The molecule has 92 valence electrons. The number of carbonyl (C=O) groups is 1. The van der Waals surface area contributed by atoms with Gasteiger partial charge in [-0.25, -0.2) is 0 Å². The molecule has 0 saturated heterocycles. The van der Waals surface area contributed by atoms with Crippen LogP contribution in [0.25, 0.3) is 0 Å². The third-order valence-electron chi connectivity index (χ3n) is 2.57. The molecule has 4 nitrogen and oxygen atoms in total. The maximum Gasteiger partial charge on any atom is 0.306 e. The average molecular weight is 236 g/mol. The SMILES string of the molecule is CCCCC(=O)OCc1ccc2c(c1)OCO2. The molecule has 0 amide bonds. The van der Waals surface area contributed by atoms with E-state index in [9.17, 15) is 4.79 Å². The highest BCUT2D eigenvalue weighted by Crippen LogP contribution is 2.32. The third-order valence-corrected chi connectivity index (χ3v) is 2.57. The van der Waals surface area contributed by atoms with E-state index in [0.717, 1.165) is 24.2 Å². The van der Waals surface area contributed by atoms with Crippen LogP contribution in [-0.4, -0.2) is 12.8 Å². The van der Waals surface area contributed by atoms with Crippen LogP contribution in [0.15, 0.2) is 18.2 Å². The number of esters is 1. The van der Waals surface area contributed by atoms with Crippen LogP contribution in [0.4, 0.5) is 0 Å². The normalized spacial score (nSPS) is 12.5. The van der Waals surface area contributed by atoms with Gasteiger partial charge in [-0.3, -0.25) is 4.79 Å². The lowest BCUT2D eigenvalue weighted by molar-refractivity contribution is -0.145. The van der Waals surface area contributed by atoms with Gasteiger partial charge in [0.05, 0.1) is 0 Å². The van der Waals surface area contributed by atoms with Gasteiger partial charge in [-0.15, -0.1) is 0 Å². The van der Waals surface area contributed by atoms with Crippen LogP contribution in [-0.2, 0) is 16.1 Å². The number of fused-ring (bicyclic) bond motifs is 1. The molecule has 4 heteroatoms. The first-order valence-electron chi connectivity index (χ1n) is 5.83. The largest absolute Gasteiger partial charge is 0.461 e. The molecule has 0 bridgehead atoms. The van der Waals surface area contributed by atoms with Gasteiger partial charge in [0.25, 0.3) is 0 Å². The molecule has 1 aliphatic heterocycles. The molecule has 0 aliphatic carbocycles. The average Bonchev–Trinajstić information content (AvgIpc) is 2.81. The van der Waals surface area contributed by atoms with E-state index in [0.29, 0.717) is 18.8 Å². The minimum atomic E-state index is -0.149. The zero-order valence-corrected chi connectivity index (χ0v) is 9.90. The second-order valence-corrected chi connectivity index (χ2v) is 3.95. The zero-order valence-electron chi connectivity index (χ0n) is 9.90. The van der Waals surface area contributed by atoms with E-state index in [1.54, 1.807) is 0 Å². The van der Waals surface area contributed by atoms with Crippen molar-refractivity contribution in [3.8, 4) is 11.5 Å². The molecule has 17 heavy (non-hydrogen) atoms. The monoisotopic (exact) mass is 236 g/mol. The Bertz CT molecular complexity index is 400. The number of rotatable bonds is 5. The summed E-state index contributed by atoms with van der Waals surface area (Å²) in [4.78, 5) is 11.3. The lowest BCUT2D eigenvalue weighted by atomic mass is 10.2. The molecule has 0 saturated carbocycles. The molecule has 1 aromatic carbocycles. The van der Waals surface area contributed by atoms with Crippen molar-refractivity contribution >= 4 is 5.97 Å². The highest BCUT2D eigenvalue weighted by Gasteiger charge is 2.13. The first kappa shape index (κ1) is 11.8. The zero-order chi connectivity index (χ0) is 12.1. The summed E-state index contributed by atoms with van der Waals surface area (Å²) in [6.07, 6.45) is 2.36. The number of benzene rings is 1. The van der Waals surface area contributed by atoms with Crippen LogP contribution in [0.2, 0.25) is 0 Å². The first-order chi connectivity index (χ1) is 8.29. The minimum absolute atomic E-state index is 0.149. The molecule has 0 unspecified atom stereocenters. The topological polar surface area (TPSA) is 44.8 Å². The molecule has 2 rings (SSSR count). The van der Waals surface area contributed by atoms with E-state index >= 15 is 0 Å². The lowest BCUT2D eigenvalue weighted by Gasteiger charge is -2.05. The fraction of sp³-hybridized carbons (Fsp3) is 0.462. The summed E-state index contributed by atoms with van der Waals surface area (Å²) in [5, 5.41) is 0. The molecular weight excluding hydrogens is 220 g/mol. The van der Waals surface area contributed by atoms with E-state index in [4.69, 9.17) is 14.2 Å². The summed E-state index contributed by atoms with van der Waals surface area (Å²) >= 11 is 0. The number of carbonyl (C=O) groups excluding carboxylic acids is 1. The standard InChI is InChI=1S/C13H16O4/c1-2-3-4-13(14)15-8-10-5-6-11-12(7-10)17-9-16-11/h5-7H,2-4,8-9H2,1H3. The Hall–Kier alpha value is -1.71. The summed E-state index contributed by atoms with van der Waals surface area (Å²) in [5.74, 6) is 1.31. The van der Waals surface area contributed by atoms with Gasteiger partial charge in [0, 0.05) is 6.42 Å². The van der Waals surface area contributed by atoms with Crippen LogP contribution in [0, 0.1) is 0 Å². The Morgan fingerprint density at radius 3 is 3.00 bits per heavy atom. The van der Waals surface area contributed by atoms with E-state index in [-0.39, 0.29) is 12.8 Å². The van der Waals surface area contributed by atoms with Gasteiger partial charge >= 0.3 is 5.97 Å². The van der Waals surface area contributed by atoms with Crippen molar-refractivity contribution in [2.45, 2.75) is 32.8 Å². The highest BCUT2D eigenvalue weighted by atomic mass is 16.7. The van der Waals surface area contributed by atoms with Crippen molar-refractivity contribution in [1.82, 2.24) is 0 Å². The summed E-state index contributed by atoms with van der Waals surface area (Å²) in [7, 11) is 0. The minimum Gasteiger partial charge on any atom is -0.461 e. The van der Waals surface area contributed by atoms with E-state index in [1.165, 1.54) is 0 Å². The Morgan fingerprint density at radius 2 is 2.18 bits per heavy atom. The predicted octanol–water partition coefficient (Wildman–Crippen LogP) is 2.65. The third kappa shape index (κ3) is 3.12. The van der Waals surface area contributed by atoms with Crippen molar-refractivity contribution in [1.29, 1.82) is 0 Å². The summed E-state index contributed by atoms with van der Waals surface area (Å²) in [6, 6.07) is 5.55. The highest BCUT2D eigenvalue weighted by molar-refractivity contribution is 5.69. The van der Waals surface area contributed by atoms with Gasteiger partial charge in [0.1, 0.15) is 6.61 Å². The second kappa shape index (κ2) is 5.57. The molecule has 1 aromatic rings. The molecule has 0 aromatic heterocycles. The van der Waals surface area contributed by atoms with Crippen molar-refractivity contribution in [2.24, 2.45) is 0 Å². The molecule has 0 atom stereocenters. The number of hydrogen-bond donors (Lipinski definition) is 0. The fourth-order valence-electron chi connectivity index (χ4n) is 1.59. The van der Waals surface area contributed by atoms with Crippen molar-refractivity contribution in [3.05, 3.63) is 23.8 Å². The van der Waals surface area contributed by atoms with E-state index < -0.39 is 0 Å². The second-order valence-electron chi connectivity index (χ2n) is 3.95.